The van der Waals surface area contributed by atoms with Crippen LogP contribution in [0.5, 0.6) is 0 Å². The van der Waals surface area contributed by atoms with Crippen molar-refractivity contribution in [2.75, 3.05) is 0 Å². The number of amidine groups is 1. The quantitative estimate of drug-likeness (QED) is 0.619. The van der Waals surface area contributed by atoms with E-state index in [4.69, 9.17) is 5.73 Å². The molecule has 1 heterocycles. The van der Waals surface area contributed by atoms with Crippen LogP contribution < -0.4 is 5.73 Å². The Morgan fingerprint density at radius 1 is 1.42 bits per heavy atom. The van der Waals surface area contributed by atoms with Crippen LogP contribution in [0.3, 0.4) is 0 Å². The van der Waals surface area contributed by atoms with Crippen LogP contribution in [-0.2, 0) is 0 Å². The molecule has 0 spiro atoms. The third-order valence-corrected chi connectivity index (χ3v) is 1.87. The summed E-state index contributed by atoms with van der Waals surface area (Å²) in [4.78, 5) is 15.2. The number of hydrogen-bond acceptors (Lipinski definition) is 3. The predicted molar refractivity (Wildman–Crippen MR) is 46.8 cm³/mol. The number of carbonyl (C=O) groups is 1. The molecule has 0 saturated heterocycles. The highest BCUT2D eigenvalue weighted by molar-refractivity contribution is 6.48. The molecule has 60 valence electrons. The molecular weight excluding hydrogens is 152 g/mol. The van der Waals surface area contributed by atoms with E-state index < -0.39 is 0 Å². The maximum absolute atomic E-state index is 11.3. The van der Waals surface area contributed by atoms with E-state index >= 15 is 0 Å². The molecule has 1 aliphatic heterocycles. The number of rotatable bonds is 0. The molecular formula is C9H8N2O. The summed E-state index contributed by atoms with van der Waals surface area (Å²) in [6, 6.07) is 5.53. The van der Waals surface area contributed by atoms with E-state index in [2.05, 4.69) is 4.99 Å². The van der Waals surface area contributed by atoms with E-state index in [9.17, 15) is 4.79 Å². The lowest BCUT2D eigenvalue weighted by molar-refractivity contribution is 0.106. The van der Waals surface area contributed by atoms with Crippen LogP contribution in [0.4, 0.5) is 5.69 Å². The SMILES string of the molecule is Cc1ccc2c(c1)C(=O)C(N)=N2. The predicted octanol–water partition coefficient (Wildman–Crippen LogP) is 1.18. The van der Waals surface area contributed by atoms with E-state index in [1.165, 1.54) is 0 Å². The second-order valence-corrected chi connectivity index (χ2v) is 2.85. The Bertz CT molecular complexity index is 394. The molecule has 2 N–H and O–H groups in total. The Morgan fingerprint density at radius 2 is 2.17 bits per heavy atom. The maximum Gasteiger partial charge on any atom is 0.229 e. The first-order valence-corrected chi connectivity index (χ1v) is 3.68. The van der Waals surface area contributed by atoms with Gasteiger partial charge in [-0.25, -0.2) is 4.99 Å². The van der Waals surface area contributed by atoms with Crippen molar-refractivity contribution >= 4 is 17.3 Å². The van der Waals surface area contributed by atoms with Gasteiger partial charge in [0.2, 0.25) is 5.78 Å². The molecule has 1 aliphatic rings. The molecule has 0 atom stereocenters. The molecule has 12 heavy (non-hydrogen) atoms. The van der Waals surface area contributed by atoms with Crippen molar-refractivity contribution in [2.24, 2.45) is 10.7 Å². The Labute approximate surface area is 69.9 Å². The topological polar surface area (TPSA) is 55.5 Å². The summed E-state index contributed by atoms with van der Waals surface area (Å²) in [5.74, 6) is -0.0655. The monoisotopic (exact) mass is 160 g/mol. The first-order valence-electron chi connectivity index (χ1n) is 3.68. The van der Waals surface area contributed by atoms with Gasteiger partial charge in [-0.1, -0.05) is 11.6 Å². The number of nitrogens with two attached hydrogens (primary N) is 1. The van der Waals surface area contributed by atoms with Crippen molar-refractivity contribution in [1.82, 2.24) is 0 Å². The van der Waals surface area contributed by atoms with Crippen LogP contribution in [0.2, 0.25) is 0 Å². The summed E-state index contributed by atoms with van der Waals surface area (Å²) in [6.45, 7) is 1.93. The van der Waals surface area contributed by atoms with E-state index in [0.29, 0.717) is 11.3 Å². The second-order valence-electron chi connectivity index (χ2n) is 2.85. The normalized spacial score (nSPS) is 14.4. The third-order valence-electron chi connectivity index (χ3n) is 1.87. The molecule has 0 bridgehead atoms. The van der Waals surface area contributed by atoms with Gasteiger partial charge in [0.15, 0.2) is 5.84 Å². The van der Waals surface area contributed by atoms with Gasteiger partial charge in [0.1, 0.15) is 0 Å². The summed E-state index contributed by atoms with van der Waals surface area (Å²) in [6.07, 6.45) is 0. The lowest BCUT2D eigenvalue weighted by Crippen LogP contribution is -2.19. The number of aryl methyl sites for hydroxylation is 1. The van der Waals surface area contributed by atoms with Crippen molar-refractivity contribution in [3.63, 3.8) is 0 Å². The number of ketones is 1. The Balaban J connectivity index is 2.65. The number of Topliss-reactive ketones (excluding diaryl/α,β-unsaturated/α-hetero) is 1. The summed E-state index contributed by atoms with van der Waals surface area (Å²) >= 11 is 0. The zero-order valence-corrected chi connectivity index (χ0v) is 6.66. The molecule has 0 amide bonds. The van der Waals surface area contributed by atoms with Crippen LogP contribution in [0, 0.1) is 6.92 Å². The zero-order chi connectivity index (χ0) is 8.72. The van der Waals surface area contributed by atoms with Gasteiger partial charge in [0, 0.05) is 0 Å². The lowest BCUT2D eigenvalue weighted by atomic mass is 10.1. The minimum atomic E-state index is -0.159. The first-order chi connectivity index (χ1) is 5.68. The largest absolute Gasteiger partial charge is 0.380 e. The van der Waals surface area contributed by atoms with Crippen LogP contribution in [0.25, 0.3) is 0 Å². The molecule has 0 fully saturated rings. The van der Waals surface area contributed by atoms with Gasteiger partial charge in [-0.3, -0.25) is 4.79 Å². The van der Waals surface area contributed by atoms with Crippen molar-refractivity contribution < 1.29 is 4.79 Å². The van der Waals surface area contributed by atoms with Crippen molar-refractivity contribution in [1.29, 1.82) is 0 Å². The molecule has 1 aromatic rings. The highest BCUT2D eigenvalue weighted by Gasteiger charge is 2.21. The third kappa shape index (κ3) is 0.830. The molecule has 1 aromatic carbocycles. The van der Waals surface area contributed by atoms with Gasteiger partial charge in [-0.05, 0) is 19.1 Å². The van der Waals surface area contributed by atoms with Gasteiger partial charge in [0.05, 0.1) is 11.3 Å². The van der Waals surface area contributed by atoms with E-state index in [1.807, 2.05) is 19.1 Å². The van der Waals surface area contributed by atoms with Gasteiger partial charge in [-0.2, -0.15) is 0 Å². The minimum Gasteiger partial charge on any atom is -0.380 e. The van der Waals surface area contributed by atoms with Gasteiger partial charge >= 0.3 is 0 Å². The smallest absolute Gasteiger partial charge is 0.229 e. The number of aliphatic imine (C=N–C) groups is 1. The molecule has 2 rings (SSSR count). The van der Waals surface area contributed by atoms with E-state index in [1.54, 1.807) is 6.07 Å². The molecule has 0 saturated carbocycles. The molecule has 3 heteroatoms. The Hall–Kier alpha value is -1.64. The standard InChI is InChI=1S/C9H8N2O/c1-5-2-3-7-6(4-5)8(12)9(10)11-7/h2-4H,1H3,(H2,10,11,12). The summed E-state index contributed by atoms with van der Waals surface area (Å²) in [5.41, 5.74) is 7.73. The first kappa shape index (κ1) is 7.03. The van der Waals surface area contributed by atoms with Crippen LogP contribution in [0.15, 0.2) is 23.2 Å². The number of nitrogens with zero attached hydrogens (tertiary/aromatic N) is 1. The molecule has 3 nitrogen and oxygen atoms in total. The fourth-order valence-electron chi connectivity index (χ4n) is 1.25. The van der Waals surface area contributed by atoms with Crippen molar-refractivity contribution in [3.05, 3.63) is 29.3 Å². The Morgan fingerprint density at radius 3 is 2.92 bits per heavy atom. The number of fused-ring (bicyclic) bond motifs is 1. The van der Waals surface area contributed by atoms with E-state index in [-0.39, 0.29) is 11.6 Å². The fourth-order valence-corrected chi connectivity index (χ4v) is 1.25. The van der Waals surface area contributed by atoms with Crippen molar-refractivity contribution in [3.8, 4) is 0 Å². The van der Waals surface area contributed by atoms with Crippen LogP contribution >= 0.6 is 0 Å². The molecule has 0 unspecified atom stereocenters. The van der Waals surface area contributed by atoms with Crippen LogP contribution in [-0.4, -0.2) is 11.6 Å². The minimum absolute atomic E-state index is 0.0931. The zero-order valence-electron chi connectivity index (χ0n) is 6.66. The fraction of sp³-hybridized carbons (Fsp3) is 0.111. The summed E-state index contributed by atoms with van der Waals surface area (Å²) in [5, 5.41) is 0. The molecule has 0 aromatic heterocycles. The Kier molecular flexibility index (Phi) is 1.27. The average molecular weight is 160 g/mol. The summed E-state index contributed by atoms with van der Waals surface area (Å²) in [7, 11) is 0. The second kappa shape index (κ2) is 2.17. The van der Waals surface area contributed by atoms with Crippen LogP contribution in [0.1, 0.15) is 15.9 Å². The maximum atomic E-state index is 11.3. The molecule has 0 radical (unpaired) electrons. The lowest BCUT2D eigenvalue weighted by Gasteiger charge is -1.95. The average Bonchev–Trinajstić information content (AvgIpc) is 2.31. The highest BCUT2D eigenvalue weighted by atomic mass is 16.1. The van der Waals surface area contributed by atoms with Gasteiger partial charge in [-0.15, -0.1) is 0 Å². The number of carbonyl (C=O) groups excluding carboxylic acids is 1. The van der Waals surface area contributed by atoms with E-state index in [0.717, 1.165) is 5.56 Å². The number of benzene rings is 1. The molecule has 0 aliphatic carbocycles. The highest BCUT2D eigenvalue weighted by Crippen LogP contribution is 2.25. The van der Waals surface area contributed by atoms with Crippen molar-refractivity contribution in [2.45, 2.75) is 6.92 Å². The van der Waals surface area contributed by atoms with Gasteiger partial charge < -0.3 is 5.73 Å². The number of hydrogen-bond donors (Lipinski definition) is 1. The van der Waals surface area contributed by atoms with Gasteiger partial charge in [0.25, 0.3) is 0 Å². The summed E-state index contributed by atoms with van der Waals surface area (Å²) < 4.78 is 0.